The smallest absolute Gasteiger partial charge is 0.186 e. The third kappa shape index (κ3) is 2.48. The van der Waals surface area contributed by atoms with Crippen LogP contribution in [0.4, 0.5) is 11.5 Å². The maximum Gasteiger partial charge on any atom is 0.186 e. The topological polar surface area (TPSA) is 77.8 Å². The summed E-state index contributed by atoms with van der Waals surface area (Å²) < 4.78 is 0. The van der Waals surface area contributed by atoms with Gasteiger partial charge >= 0.3 is 0 Å². The van der Waals surface area contributed by atoms with Gasteiger partial charge in [-0.2, -0.15) is 0 Å². The molecule has 0 aliphatic carbocycles. The van der Waals surface area contributed by atoms with Gasteiger partial charge in [0.1, 0.15) is 0 Å². The Balaban J connectivity index is 0.00000144. The molecule has 0 unspecified atom stereocenters. The first kappa shape index (κ1) is 12.0. The van der Waals surface area contributed by atoms with Crippen LogP contribution in [0.3, 0.4) is 0 Å². The lowest BCUT2D eigenvalue weighted by Crippen LogP contribution is -2.07. The fourth-order valence-corrected chi connectivity index (χ4v) is 1.15. The predicted molar refractivity (Wildman–Crippen MR) is 58.9 cm³/mol. The summed E-state index contributed by atoms with van der Waals surface area (Å²) in [6.07, 6.45) is 0. The van der Waals surface area contributed by atoms with E-state index in [1.54, 1.807) is 0 Å². The second-order valence-corrected chi connectivity index (χ2v) is 3.26. The number of hydrogen-bond donors (Lipinski definition) is 3. The summed E-state index contributed by atoms with van der Waals surface area (Å²) in [5, 5.41) is 0.366. The zero-order valence-corrected chi connectivity index (χ0v) is 7.97. The predicted octanol–water partition coefficient (Wildman–Crippen LogP) is 1.69. The van der Waals surface area contributed by atoms with Crippen molar-refractivity contribution in [1.82, 2.24) is 9.97 Å². The summed E-state index contributed by atoms with van der Waals surface area (Å²) in [6.45, 7) is 3.98. The highest BCUT2D eigenvalue weighted by molar-refractivity contribution is 7.80. The molecule has 0 fully saturated rings. The number of hydrogen-bond acceptors (Lipinski definition) is 5. The Hall–Kier alpha value is -0.970. The van der Waals surface area contributed by atoms with Crippen LogP contribution in [0, 0.1) is 0 Å². The van der Waals surface area contributed by atoms with E-state index in [1.165, 1.54) is 0 Å². The van der Waals surface area contributed by atoms with Crippen molar-refractivity contribution in [1.29, 1.82) is 0 Å². The van der Waals surface area contributed by atoms with Gasteiger partial charge < -0.3 is 11.5 Å². The molecule has 0 bridgehead atoms. The summed E-state index contributed by atoms with van der Waals surface area (Å²) in [7, 11) is 0. The molecule has 1 aromatic rings. The lowest BCUT2D eigenvalue weighted by Gasteiger charge is -2.09. The van der Waals surface area contributed by atoms with E-state index in [2.05, 4.69) is 22.6 Å². The van der Waals surface area contributed by atoms with Crippen LogP contribution in [0.25, 0.3) is 0 Å². The molecule has 1 heterocycles. The zero-order valence-electron chi connectivity index (χ0n) is 7.07. The largest absolute Gasteiger partial charge is 0.394 e. The SMILES string of the molecule is C.CC(C)c1nc(S)nc(N)c1N. The Morgan fingerprint density at radius 1 is 1.23 bits per heavy atom. The molecule has 5 heteroatoms. The van der Waals surface area contributed by atoms with Gasteiger partial charge in [0, 0.05) is 0 Å². The van der Waals surface area contributed by atoms with Crippen LogP contribution in [0.2, 0.25) is 0 Å². The molecule has 0 saturated carbocycles. The quantitative estimate of drug-likeness (QED) is 0.476. The zero-order chi connectivity index (χ0) is 9.30. The maximum absolute atomic E-state index is 5.67. The van der Waals surface area contributed by atoms with E-state index >= 15 is 0 Å². The molecular weight excluding hydrogens is 184 g/mol. The van der Waals surface area contributed by atoms with Gasteiger partial charge in [0.2, 0.25) is 0 Å². The Morgan fingerprint density at radius 3 is 2.23 bits per heavy atom. The Labute approximate surface area is 84.2 Å². The first-order chi connectivity index (χ1) is 5.52. The van der Waals surface area contributed by atoms with E-state index in [1.807, 2.05) is 13.8 Å². The van der Waals surface area contributed by atoms with E-state index in [4.69, 9.17) is 11.5 Å². The second-order valence-electron chi connectivity index (χ2n) is 2.86. The lowest BCUT2D eigenvalue weighted by atomic mass is 10.1. The number of nitrogens with zero attached hydrogens (tertiary/aromatic N) is 2. The standard InChI is InChI=1S/C7H12N4S.CH4/c1-3(2)5-4(8)6(9)11-7(12)10-5;/h3H,8H2,1-2H3,(H3,9,10,11,12);1H4. The van der Waals surface area contributed by atoms with E-state index < -0.39 is 0 Å². The Morgan fingerprint density at radius 2 is 1.77 bits per heavy atom. The van der Waals surface area contributed by atoms with Crippen LogP contribution in [0.15, 0.2) is 5.16 Å². The normalized spacial score (nSPS) is 9.85. The summed E-state index contributed by atoms with van der Waals surface area (Å²) in [5.74, 6) is 0.542. The average Bonchev–Trinajstić information content (AvgIpc) is 1.96. The number of nitrogens with two attached hydrogens (primary N) is 2. The minimum atomic E-state index is 0. The fourth-order valence-electron chi connectivity index (χ4n) is 0.932. The molecule has 4 N–H and O–H groups in total. The van der Waals surface area contributed by atoms with Gasteiger partial charge in [-0.15, -0.1) is 12.6 Å². The van der Waals surface area contributed by atoms with Crippen LogP contribution in [-0.4, -0.2) is 9.97 Å². The first-order valence-corrected chi connectivity index (χ1v) is 4.09. The van der Waals surface area contributed by atoms with Crippen molar-refractivity contribution in [2.45, 2.75) is 32.3 Å². The van der Waals surface area contributed by atoms with Gasteiger partial charge in [-0.1, -0.05) is 21.3 Å². The number of thiol groups is 1. The van der Waals surface area contributed by atoms with Crippen LogP contribution in [-0.2, 0) is 0 Å². The molecule has 4 nitrogen and oxygen atoms in total. The first-order valence-electron chi connectivity index (χ1n) is 3.64. The lowest BCUT2D eigenvalue weighted by molar-refractivity contribution is 0.788. The molecule has 13 heavy (non-hydrogen) atoms. The molecule has 0 amide bonds. The fraction of sp³-hybridized carbons (Fsp3) is 0.500. The average molecular weight is 200 g/mol. The van der Waals surface area contributed by atoms with Gasteiger partial charge in [0.25, 0.3) is 0 Å². The molecule has 1 aromatic heterocycles. The third-order valence-electron chi connectivity index (χ3n) is 1.54. The van der Waals surface area contributed by atoms with Gasteiger partial charge in [-0.3, -0.25) is 0 Å². The summed E-state index contributed by atoms with van der Waals surface area (Å²) in [6, 6.07) is 0. The molecule has 0 aromatic carbocycles. The van der Waals surface area contributed by atoms with Crippen molar-refractivity contribution in [2.24, 2.45) is 0 Å². The van der Waals surface area contributed by atoms with Crippen molar-refractivity contribution in [3.63, 3.8) is 0 Å². The Kier molecular flexibility index (Phi) is 4.00. The van der Waals surface area contributed by atoms with Crippen molar-refractivity contribution in [3.05, 3.63) is 5.69 Å². The maximum atomic E-state index is 5.67. The van der Waals surface area contributed by atoms with Crippen molar-refractivity contribution in [3.8, 4) is 0 Å². The van der Waals surface area contributed by atoms with Gasteiger partial charge in [-0.25, -0.2) is 9.97 Å². The molecule has 0 saturated heterocycles. The molecule has 0 atom stereocenters. The summed E-state index contributed by atoms with van der Waals surface area (Å²) in [4.78, 5) is 7.90. The number of aromatic nitrogens is 2. The molecule has 0 aliphatic heterocycles. The highest BCUT2D eigenvalue weighted by atomic mass is 32.1. The minimum absolute atomic E-state index is 0. The van der Waals surface area contributed by atoms with E-state index in [0.29, 0.717) is 16.7 Å². The van der Waals surface area contributed by atoms with Gasteiger partial charge in [0.15, 0.2) is 11.0 Å². The molecule has 0 spiro atoms. The Bertz CT molecular complexity index is 298. The molecule has 0 aliphatic rings. The van der Waals surface area contributed by atoms with E-state index in [9.17, 15) is 0 Å². The molecule has 74 valence electrons. The van der Waals surface area contributed by atoms with Crippen molar-refractivity contribution in [2.75, 3.05) is 11.5 Å². The van der Waals surface area contributed by atoms with E-state index in [0.717, 1.165) is 5.69 Å². The summed E-state index contributed by atoms with van der Waals surface area (Å²) in [5.41, 5.74) is 12.4. The highest BCUT2D eigenvalue weighted by Gasteiger charge is 2.10. The van der Waals surface area contributed by atoms with Crippen molar-refractivity contribution >= 4 is 24.1 Å². The van der Waals surface area contributed by atoms with Crippen molar-refractivity contribution < 1.29 is 0 Å². The molecule has 1 rings (SSSR count). The van der Waals surface area contributed by atoms with Gasteiger partial charge in [-0.05, 0) is 5.92 Å². The monoisotopic (exact) mass is 200 g/mol. The number of anilines is 2. The third-order valence-corrected chi connectivity index (χ3v) is 1.74. The van der Waals surface area contributed by atoms with Gasteiger partial charge in [0.05, 0.1) is 11.4 Å². The highest BCUT2D eigenvalue weighted by Crippen LogP contribution is 2.24. The number of nitrogen functional groups attached to an aromatic ring is 2. The van der Waals surface area contributed by atoms with Crippen LogP contribution >= 0.6 is 12.6 Å². The van der Waals surface area contributed by atoms with Crippen LogP contribution < -0.4 is 11.5 Å². The van der Waals surface area contributed by atoms with E-state index in [-0.39, 0.29) is 13.3 Å². The second kappa shape index (κ2) is 4.32. The number of rotatable bonds is 1. The molecular formula is C8H16N4S. The van der Waals surface area contributed by atoms with Crippen LogP contribution in [0.5, 0.6) is 0 Å². The summed E-state index contributed by atoms with van der Waals surface area (Å²) >= 11 is 4.01. The minimum Gasteiger partial charge on any atom is -0.394 e. The van der Waals surface area contributed by atoms with Crippen LogP contribution in [0.1, 0.15) is 32.9 Å². The molecule has 0 radical (unpaired) electrons.